The predicted molar refractivity (Wildman–Crippen MR) is 148 cm³/mol. The number of aliphatic carboxylic acids is 1. The van der Waals surface area contributed by atoms with Gasteiger partial charge in [-0.2, -0.15) is 0 Å². The number of nitrogens with one attached hydrogen (secondary N) is 1. The van der Waals surface area contributed by atoms with Gasteiger partial charge in [0.2, 0.25) is 11.3 Å². The largest absolute Gasteiger partial charge is 0.477 e. The molecule has 2 amide bonds. The van der Waals surface area contributed by atoms with Gasteiger partial charge in [0.05, 0.1) is 35.0 Å². The molecule has 3 fully saturated rings. The Bertz CT molecular complexity index is 1720. The summed E-state index contributed by atoms with van der Waals surface area (Å²) < 4.78 is 37.9. The first-order valence-corrected chi connectivity index (χ1v) is 14.3. The molecule has 13 nitrogen and oxygen atoms in total. The molecule has 5 atom stereocenters. The van der Waals surface area contributed by atoms with Crippen molar-refractivity contribution in [3.63, 3.8) is 0 Å². The van der Waals surface area contributed by atoms with Gasteiger partial charge in [-0.05, 0) is 32.3 Å². The van der Waals surface area contributed by atoms with E-state index in [1.165, 1.54) is 16.4 Å². The van der Waals surface area contributed by atoms with Gasteiger partial charge in [-0.1, -0.05) is 6.92 Å². The predicted octanol–water partition coefficient (Wildman–Crippen LogP) is 1.81. The number of rotatable bonds is 8. The molecule has 0 unspecified atom stereocenters. The summed E-state index contributed by atoms with van der Waals surface area (Å²) in [7, 11) is 0. The topological polar surface area (TPSA) is 179 Å². The Labute approximate surface area is 248 Å². The Morgan fingerprint density at radius 2 is 1.84 bits per heavy atom. The van der Waals surface area contributed by atoms with E-state index in [4.69, 9.17) is 4.74 Å². The van der Waals surface area contributed by atoms with Crippen molar-refractivity contribution in [2.24, 2.45) is 11.8 Å². The van der Waals surface area contributed by atoms with Crippen LogP contribution in [0.25, 0.3) is 10.9 Å². The van der Waals surface area contributed by atoms with Crippen molar-refractivity contribution in [2.45, 2.75) is 57.3 Å². The van der Waals surface area contributed by atoms with Gasteiger partial charge in [0.25, 0.3) is 0 Å². The second kappa shape index (κ2) is 10.6. The molecule has 1 aliphatic carbocycles. The summed E-state index contributed by atoms with van der Waals surface area (Å²) in [4.78, 5) is 64.0. The van der Waals surface area contributed by atoms with Crippen molar-refractivity contribution in [1.82, 2.24) is 14.8 Å². The first-order valence-electron chi connectivity index (χ1n) is 14.3. The molecule has 6 rings (SSSR count). The van der Waals surface area contributed by atoms with Gasteiger partial charge in [0.1, 0.15) is 29.4 Å². The summed E-state index contributed by atoms with van der Waals surface area (Å²) in [6, 6.07) is -0.512. The average Bonchev–Trinajstić information content (AvgIpc) is 3.63. The number of β-lactam (4-membered cyclic amide) rings is 1. The van der Waals surface area contributed by atoms with Crippen molar-refractivity contribution < 1.29 is 48.0 Å². The van der Waals surface area contributed by atoms with E-state index in [0.29, 0.717) is 19.3 Å². The number of hydrogen-bond donors (Lipinski definition) is 4. The average molecular weight is 617 g/mol. The Morgan fingerprint density at radius 1 is 1.14 bits per heavy atom. The van der Waals surface area contributed by atoms with Crippen LogP contribution >= 0.6 is 0 Å². The zero-order valence-corrected chi connectivity index (χ0v) is 23.8. The van der Waals surface area contributed by atoms with Crippen molar-refractivity contribution in [1.29, 1.82) is 0 Å². The lowest BCUT2D eigenvalue weighted by Crippen LogP contribution is -2.63. The number of alkyl carbamates (subject to hydrolysis) is 1. The van der Waals surface area contributed by atoms with Crippen LogP contribution in [0, 0.1) is 23.5 Å². The summed E-state index contributed by atoms with van der Waals surface area (Å²) in [6.45, 7) is 2.88. The monoisotopic (exact) mass is 616 g/mol. The third-order valence-electron chi connectivity index (χ3n) is 9.06. The van der Waals surface area contributed by atoms with Crippen LogP contribution in [0.2, 0.25) is 0 Å². The minimum atomic E-state index is -1.49. The van der Waals surface area contributed by atoms with E-state index < -0.39 is 88.9 Å². The number of carbonyl (C=O) groups excluding carboxylic acids is 2. The second-order valence-electron chi connectivity index (χ2n) is 11.8. The highest BCUT2D eigenvalue weighted by Gasteiger charge is 2.60. The van der Waals surface area contributed by atoms with E-state index in [9.17, 15) is 39.3 Å². The summed E-state index contributed by atoms with van der Waals surface area (Å²) >= 11 is 0. The summed E-state index contributed by atoms with van der Waals surface area (Å²) in [6.07, 6.45) is 0.827. The van der Waals surface area contributed by atoms with Gasteiger partial charge < -0.3 is 39.7 Å². The maximum atomic E-state index is 15.9. The number of halogens is 2. The van der Waals surface area contributed by atoms with Gasteiger partial charge in [0.15, 0.2) is 5.82 Å². The maximum absolute atomic E-state index is 15.9. The second-order valence-corrected chi connectivity index (χ2v) is 11.8. The van der Waals surface area contributed by atoms with Crippen LogP contribution in [0.15, 0.2) is 28.3 Å². The van der Waals surface area contributed by atoms with E-state index in [0.717, 1.165) is 17.2 Å². The molecule has 15 heteroatoms. The van der Waals surface area contributed by atoms with Crippen molar-refractivity contribution in [3.8, 4) is 0 Å². The number of carboxylic acids is 2. The lowest BCUT2D eigenvalue weighted by atomic mass is 9.78. The molecule has 0 spiro atoms. The minimum Gasteiger partial charge on any atom is -0.477 e. The molecule has 0 bridgehead atoms. The first-order chi connectivity index (χ1) is 20.8. The zero-order valence-electron chi connectivity index (χ0n) is 23.8. The summed E-state index contributed by atoms with van der Waals surface area (Å²) in [5, 5.41) is 31.4. The number of aromatic nitrogens is 1. The molecule has 4 aliphatic rings. The van der Waals surface area contributed by atoms with Crippen molar-refractivity contribution >= 4 is 40.5 Å². The minimum absolute atomic E-state index is 0.00475. The lowest BCUT2D eigenvalue weighted by Gasteiger charge is -2.46. The number of ether oxygens (including phenoxy) is 1. The number of aliphatic hydroxyl groups is 1. The molecule has 2 aromatic rings. The molecule has 234 valence electrons. The fourth-order valence-electron chi connectivity index (χ4n) is 6.78. The third-order valence-corrected chi connectivity index (χ3v) is 9.06. The number of carbonyl (C=O) groups is 4. The van der Waals surface area contributed by atoms with Crippen LogP contribution in [-0.2, 0) is 14.3 Å². The maximum Gasteiger partial charge on any atom is 0.407 e. The lowest BCUT2D eigenvalue weighted by molar-refractivity contribution is -0.163. The van der Waals surface area contributed by atoms with Gasteiger partial charge >= 0.3 is 18.0 Å². The number of amides is 2. The third kappa shape index (κ3) is 4.57. The van der Waals surface area contributed by atoms with E-state index in [-0.39, 0.29) is 41.3 Å². The van der Waals surface area contributed by atoms with Crippen LogP contribution in [0.5, 0.6) is 0 Å². The van der Waals surface area contributed by atoms with Crippen LogP contribution in [0.3, 0.4) is 0 Å². The fraction of sp³-hybridized carbons (Fsp3) is 0.483. The Morgan fingerprint density at radius 3 is 2.45 bits per heavy atom. The normalized spacial score (nSPS) is 25.2. The van der Waals surface area contributed by atoms with Gasteiger partial charge in [-0.25, -0.2) is 23.2 Å². The molecule has 4 N–H and O–H groups in total. The highest BCUT2D eigenvalue weighted by atomic mass is 19.1. The number of carboxylic acid groups (broad SMARTS) is 2. The molecule has 1 aromatic heterocycles. The molecule has 1 aromatic carbocycles. The standard InChI is InChI=1S/C29H30F2N4O9/c1-11-17(23(28(41)42)35-21(11)19(12(2)36)26(35)38)10-44-29(43)32-13-5-6-33(8-13)24-18(30)7-15-22(20(24)31)34(14-3-4-14)9-16(25(15)37)27(39)40/h7,9,11-14,19,21,36H,3-6,8,10H2,1-2H3,(H,32,43)(H,39,40)(H,41,42)/t11-,12+,13-,19-,21+/m0/s1. The zero-order chi connectivity index (χ0) is 31.8. The number of nitrogens with zero attached hydrogens (tertiary/aromatic N) is 3. The van der Waals surface area contributed by atoms with Crippen LogP contribution < -0.4 is 15.6 Å². The molecule has 0 radical (unpaired) electrons. The SMILES string of the molecule is C[C@@H](O)[C@@H]1C(=O)N2C(C(=O)O)=C(COC(=O)N[C@H]3CCN(c4c(F)cc5c(=O)c(C(=O)O)cn(C6CC6)c5c4F)C3)[C@H](C)[C@H]12. The summed E-state index contributed by atoms with van der Waals surface area (Å²) in [5.41, 5.74) is -2.17. The molecule has 4 heterocycles. The van der Waals surface area contributed by atoms with E-state index >= 15 is 8.78 Å². The number of benzene rings is 1. The number of fused-ring (bicyclic) bond motifs is 2. The molecular weight excluding hydrogens is 586 g/mol. The Kier molecular flexibility index (Phi) is 7.10. The van der Waals surface area contributed by atoms with Crippen molar-refractivity contribution in [2.75, 3.05) is 24.6 Å². The highest BCUT2D eigenvalue weighted by molar-refractivity contribution is 6.00. The Hall–Kier alpha value is -4.53. The van der Waals surface area contributed by atoms with Crippen LogP contribution in [0.4, 0.5) is 19.3 Å². The molecule has 44 heavy (non-hydrogen) atoms. The smallest absolute Gasteiger partial charge is 0.407 e. The highest BCUT2D eigenvalue weighted by Crippen LogP contribution is 2.47. The van der Waals surface area contributed by atoms with E-state index in [2.05, 4.69) is 5.32 Å². The van der Waals surface area contributed by atoms with Gasteiger partial charge in [-0.15, -0.1) is 0 Å². The molecule has 1 saturated carbocycles. The number of hydrogen-bond acceptors (Lipinski definition) is 8. The molecule has 2 saturated heterocycles. The van der Waals surface area contributed by atoms with Crippen LogP contribution in [-0.4, -0.2) is 86.6 Å². The summed E-state index contributed by atoms with van der Waals surface area (Å²) in [5.74, 6) is -6.63. The van der Waals surface area contributed by atoms with E-state index in [1.54, 1.807) is 6.92 Å². The van der Waals surface area contributed by atoms with Crippen molar-refractivity contribution in [3.05, 3.63) is 51.0 Å². The molecular formula is C29H30F2N4O9. The van der Waals surface area contributed by atoms with Crippen LogP contribution in [0.1, 0.15) is 49.5 Å². The van der Waals surface area contributed by atoms with Gasteiger partial charge in [-0.3, -0.25) is 9.59 Å². The molecule has 3 aliphatic heterocycles. The quantitative estimate of drug-likeness (QED) is 0.320. The van der Waals surface area contributed by atoms with Gasteiger partial charge in [0, 0.05) is 36.8 Å². The number of aliphatic hydroxyl groups excluding tert-OH is 1. The first kappa shape index (κ1) is 29.5. The number of pyridine rings is 1. The fourth-order valence-corrected chi connectivity index (χ4v) is 6.78. The Balaban J connectivity index is 1.17. The number of anilines is 1. The number of aromatic carboxylic acids is 1. The van der Waals surface area contributed by atoms with E-state index in [1.807, 2.05) is 0 Å².